The van der Waals surface area contributed by atoms with E-state index in [9.17, 15) is 4.39 Å². The number of aromatic nitrogens is 8. The van der Waals surface area contributed by atoms with Crippen LogP contribution in [0.4, 0.5) is 4.39 Å². The van der Waals surface area contributed by atoms with Gasteiger partial charge in [-0.25, -0.2) is 24.3 Å². The minimum Gasteiger partial charge on any atom is -0.443 e. The molecule has 0 N–H and O–H groups in total. The molecule has 0 radical (unpaired) electrons. The van der Waals surface area contributed by atoms with Crippen LogP contribution in [0, 0.1) is 33.5 Å². The van der Waals surface area contributed by atoms with Gasteiger partial charge in [0, 0.05) is 57.1 Å². The van der Waals surface area contributed by atoms with Gasteiger partial charge in [0.25, 0.3) is 0 Å². The first-order chi connectivity index (χ1) is 45.0. The lowest BCUT2D eigenvalue weighted by atomic mass is 9.88. The highest BCUT2D eigenvalue weighted by molar-refractivity contribution is 5.82. The molecule has 15 rings (SSSR count). The van der Waals surface area contributed by atoms with E-state index < -0.39 is 0 Å². The van der Waals surface area contributed by atoms with Crippen LogP contribution in [-0.4, -0.2) is 19.9 Å². The molecule has 12 nitrogen and oxygen atoms in total. The van der Waals surface area contributed by atoms with E-state index in [2.05, 4.69) is 194 Å². The first-order valence-corrected chi connectivity index (χ1v) is 31.3. The molecule has 0 amide bonds. The number of nitrogens with zero attached hydrogens (tertiary/aromatic N) is 8. The van der Waals surface area contributed by atoms with Crippen molar-refractivity contribution in [3.05, 3.63) is 265 Å². The third kappa shape index (κ3) is 13.3. The minimum atomic E-state index is -0.275. The predicted octanol–water partition coefficient (Wildman–Crippen LogP) is 17.9. The van der Waals surface area contributed by atoms with Crippen LogP contribution in [0.15, 0.2) is 243 Å². The van der Waals surface area contributed by atoms with Crippen LogP contribution in [-0.2, 0) is 28.2 Å². The Kier molecular flexibility index (Phi) is 17.9. The minimum absolute atomic E-state index is 0.275. The maximum Gasteiger partial charge on any atom is 0.228 e. The number of benzene rings is 7. The van der Waals surface area contributed by atoms with Gasteiger partial charge in [0.05, 0.1) is 6.07 Å². The number of hydrogen-bond acceptors (Lipinski definition) is 8. The Morgan fingerprint density at radius 2 is 0.710 bits per heavy atom. The molecule has 0 aliphatic rings. The van der Waals surface area contributed by atoms with E-state index in [1.165, 1.54) is 68.6 Å². The summed E-state index contributed by atoms with van der Waals surface area (Å²) < 4.78 is 44.8. The second-order valence-electron chi connectivity index (χ2n) is 24.2. The SMILES string of the molecule is Cc1ccccc1-c1cc2nc(-c3c(C(C)C)cccc3C(C)C)oc2c[n+]1C.Cc1ccccc1-c1cc2nc(-c3ccc(F)cc3)oc2c[n+]1C.Cc1ccccc1-c1cc2nc(-c3ccccc3)oc2c[n+]1C.Cc1ccccc1-c1cc2ocnc2c[n+]1C. The molecule has 8 aromatic heterocycles. The van der Waals surface area contributed by atoms with Crippen LogP contribution in [0.3, 0.4) is 0 Å². The molecule has 0 saturated carbocycles. The van der Waals surface area contributed by atoms with Crippen LogP contribution >= 0.6 is 0 Å². The van der Waals surface area contributed by atoms with Gasteiger partial charge in [-0.2, -0.15) is 18.3 Å². The van der Waals surface area contributed by atoms with E-state index in [-0.39, 0.29) is 5.82 Å². The number of hydrogen-bond donors (Lipinski definition) is 0. The summed E-state index contributed by atoms with van der Waals surface area (Å²) in [4.78, 5) is 18.3. The molecule has 0 saturated heterocycles. The molecule has 8 heterocycles. The number of fused-ring (bicyclic) bond motifs is 4. The molecule has 0 aliphatic carbocycles. The molecule has 0 spiro atoms. The quantitative estimate of drug-likeness (QED) is 0.131. The average molecular weight is 1230 g/mol. The monoisotopic (exact) mass is 1230 g/mol. The van der Waals surface area contributed by atoms with Gasteiger partial charge < -0.3 is 17.7 Å². The Hall–Kier alpha value is -11.1. The molecular weight excluding hydrogens is 1160 g/mol. The Morgan fingerprint density at radius 3 is 1.12 bits per heavy atom. The Balaban J connectivity index is 0.000000121. The largest absolute Gasteiger partial charge is 0.443 e. The van der Waals surface area contributed by atoms with Crippen LogP contribution in [0.1, 0.15) is 72.9 Å². The van der Waals surface area contributed by atoms with Crippen molar-refractivity contribution in [2.24, 2.45) is 28.2 Å². The van der Waals surface area contributed by atoms with Gasteiger partial charge in [-0.1, -0.05) is 137 Å². The van der Waals surface area contributed by atoms with Crippen molar-refractivity contribution in [1.82, 2.24) is 19.9 Å². The molecule has 15 aromatic rings. The number of aryl methyl sites for hydroxylation is 8. The van der Waals surface area contributed by atoms with E-state index >= 15 is 0 Å². The number of oxazole rings is 4. The first-order valence-electron chi connectivity index (χ1n) is 31.3. The lowest BCUT2D eigenvalue weighted by Crippen LogP contribution is -2.30. The molecule has 0 aliphatic heterocycles. The molecule has 0 atom stereocenters. The van der Waals surface area contributed by atoms with Crippen LogP contribution < -0.4 is 18.3 Å². The van der Waals surface area contributed by atoms with Crippen LogP contribution in [0.5, 0.6) is 0 Å². The van der Waals surface area contributed by atoms with E-state index in [0.29, 0.717) is 29.2 Å². The zero-order valence-electron chi connectivity index (χ0n) is 54.6. The average Bonchev–Trinajstić information content (AvgIpc) is 1.68. The van der Waals surface area contributed by atoms with Gasteiger partial charge >= 0.3 is 0 Å². The molecule has 7 aromatic carbocycles. The highest BCUT2D eigenvalue weighted by Crippen LogP contribution is 2.38. The molecule has 93 heavy (non-hydrogen) atoms. The third-order valence-corrected chi connectivity index (χ3v) is 16.9. The summed E-state index contributed by atoms with van der Waals surface area (Å²) in [6.07, 6.45) is 9.43. The van der Waals surface area contributed by atoms with Crippen molar-refractivity contribution < 1.29 is 40.3 Å². The van der Waals surface area contributed by atoms with E-state index in [1.807, 2.05) is 117 Å². The normalized spacial score (nSPS) is 11.3. The molecule has 0 unspecified atom stereocenters. The second kappa shape index (κ2) is 26.8. The fourth-order valence-electron chi connectivity index (χ4n) is 11.8. The zero-order valence-corrected chi connectivity index (χ0v) is 54.6. The van der Waals surface area contributed by atoms with Gasteiger partial charge in [0.1, 0.15) is 50.6 Å². The summed E-state index contributed by atoms with van der Waals surface area (Å²) >= 11 is 0. The van der Waals surface area contributed by atoms with Crippen molar-refractivity contribution in [2.45, 2.75) is 67.2 Å². The summed E-state index contributed by atoms with van der Waals surface area (Å²) in [6, 6.07) is 64.3. The first kappa shape index (κ1) is 62.2. The summed E-state index contributed by atoms with van der Waals surface area (Å²) in [5.74, 6) is 2.39. The Morgan fingerprint density at radius 1 is 0.355 bits per heavy atom. The standard InChI is InChI=1S/C26H29N2O.C20H16FN2O.C20H17N2O.C14H13N2O/c1-16(2)19-12-9-13-20(17(3)4)25(19)26-27-22-14-23(28(6)15-24(22)29-26)21-11-8-7-10-18(21)5;1-13-5-3-4-6-16(13)18-11-17-19(12-23(18)2)24-20(22-17)14-7-9-15(21)10-8-14;1-14-8-6-7-11-16(14)18-12-17-19(13-22(18)2)23-20(21-17)15-9-4-3-5-10-15;1-10-5-3-4-6-11(10)13-7-14-12(8-16(13)2)15-9-17-14/h7-17H,1-6H3;3-12H,1-2H3;3-13H,1-2H3;3-9H,1-2H3/q4*+1. The van der Waals surface area contributed by atoms with Crippen molar-refractivity contribution >= 4 is 44.4 Å². The van der Waals surface area contributed by atoms with E-state index in [0.717, 1.165) is 89.7 Å². The number of rotatable bonds is 9. The van der Waals surface area contributed by atoms with E-state index in [4.69, 9.17) is 22.7 Å². The van der Waals surface area contributed by atoms with Gasteiger partial charge in [-0.05, 0) is 134 Å². The molecule has 0 bridgehead atoms. The summed E-state index contributed by atoms with van der Waals surface area (Å²) in [7, 11) is 8.11. The Bertz CT molecular complexity index is 5150. The van der Waals surface area contributed by atoms with Crippen LogP contribution in [0.25, 0.3) is 124 Å². The maximum absolute atomic E-state index is 13.1. The van der Waals surface area contributed by atoms with Gasteiger partial charge in [0.2, 0.25) is 75.8 Å². The zero-order chi connectivity index (χ0) is 65.0. The lowest BCUT2D eigenvalue weighted by molar-refractivity contribution is -0.659. The maximum atomic E-state index is 13.1. The fraction of sp³-hybridized carbons (Fsp3) is 0.175. The molecule has 462 valence electrons. The lowest BCUT2D eigenvalue weighted by Gasteiger charge is -2.17. The van der Waals surface area contributed by atoms with Crippen molar-refractivity contribution in [3.63, 3.8) is 0 Å². The number of halogens is 1. The predicted molar refractivity (Wildman–Crippen MR) is 366 cm³/mol. The van der Waals surface area contributed by atoms with Crippen molar-refractivity contribution in [1.29, 1.82) is 0 Å². The molecule has 0 fully saturated rings. The molecular formula is C80H75FN8O4+4. The van der Waals surface area contributed by atoms with Crippen molar-refractivity contribution in [3.8, 4) is 79.4 Å². The molecule has 13 heteroatoms. The second-order valence-corrected chi connectivity index (χ2v) is 24.2. The highest BCUT2D eigenvalue weighted by Gasteiger charge is 2.25. The number of pyridine rings is 4. The summed E-state index contributed by atoms with van der Waals surface area (Å²) in [5, 5.41) is 0. The summed E-state index contributed by atoms with van der Waals surface area (Å²) in [6.45, 7) is 17.4. The Labute approximate surface area is 541 Å². The van der Waals surface area contributed by atoms with Gasteiger partial charge in [-0.15, -0.1) is 0 Å². The smallest absolute Gasteiger partial charge is 0.228 e. The van der Waals surface area contributed by atoms with Gasteiger partial charge in [-0.3, -0.25) is 0 Å². The topological polar surface area (TPSA) is 120 Å². The third-order valence-electron chi connectivity index (χ3n) is 16.9. The van der Waals surface area contributed by atoms with Crippen molar-refractivity contribution in [2.75, 3.05) is 0 Å². The van der Waals surface area contributed by atoms with Crippen LogP contribution in [0.2, 0.25) is 0 Å². The van der Waals surface area contributed by atoms with E-state index in [1.54, 1.807) is 12.1 Å². The summed E-state index contributed by atoms with van der Waals surface area (Å²) in [5.41, 5.74) is 26.2. The highest BCUT2D eigenvalue weighted by atomic mass is 19.1. The van der Waals surface area contributed by atoms with Gasteiger partial charge in [0.15, 0.2) is 23.7 Å². The fourth-order valence-corrected chi connectivity index (χ4v) is 11.8.